The van der Waals surface area contributed by atoms with Crippen molar-refractivity contribution in [3.8, 4) is 0 Å². The Morgan fingerprint density at radius 1 is 2.00 bits per heavy atom. The molecule has 0 aliphatic rings. The van der Waals surface area contributed by atoms with E-state index < -0.39 is 9.78 Å². The molecule has 0 bridgehead atoms. The molecular weight excluding hydrogens is 89.9 g/mol. The molecule has 0 aromatic rings. The van der Waals surface area contributed by atoms with Crippen LogP contribution in [-0.4, -0.2) is 11.3 Å². The Morgan fingerprint density at radius 2 is 2.00 bits per heavy atom. The summed E-state index contributed by atoms with van der Waals surface area (Å²) in [5.74, 6) is 0. The first-order valence-corrected chi connectivity index (χ1v) is 3.56. The SMILES string of the molecule is B=[SH](O)=P. The number of thiol groups is 1. The molecule has 1 atom stereocenters. The van der Waals surface area contributed by atoms with Gasteiger partial charge < -0.3 is 0 Å². The van der Waals surface area contributed by atoms with E-state index in [0.29, 0.717) is 0 Å². The fraction of sp³-hybridized carbons (Fsp3) is 0. The zero-order valence-electron chi connectivity index (χ0n) is 2.10. The molecule has 1 nitrogen and oxygen atoms in total. The molecule has 4 heteroatoms. The fourth-order valence-corrected chi connectivity index (χ4v) is 0. The Balaban J connectivity index is 3.51. The third-order valence-corrected chi connectivity index (χ3v) is 0. The van der Waals surface area contributed by atoms with Crippen LogP contribution in [0, 0.1) is 0 Å². The number of rotatable bonds is 0. The van der Waals surface area contributed by atoms with Crippen LogP contribution in [0.4, 0.5) is 0 Å². The summed E-state index contributed by atoms with van der Waals surface area (Å²) < 4.78 is 7.92. The summed E-state index contributed by atoms with van der Waals surface area (Å²) in [6, 6.07) is 0. The van der Waals surface area contributed by atoms with E-state index in [2.05, 4.69) is 14.7 Å². The Kier molecular flexibility index (Phi) is 2.28. The van der Waals surface area contributed by atoms with E-state index in [1.807, 2.05) is 0 Å². The Bertz CT molecular complexity index is 56.4. The summed E-state index contributed by atoms with van der Waals surface area (Å²) in [5, 5.41) is 0. The predicted octanol–water partition coefficient (Wildman–Crippen LogP) is -0.316. The van der Waals surface area contributed by atoms with E-state index in [0.717, 1.165) is 0 Å². The van der Waals surface area contributed by atoms with Gasteiger partial charge in [0.05, 0.1) is 0 Å². The summed E-state index contributed by atoms with van der Waals surface area (Å²) in [6.07, 6.45) is 0. The first kappa shape index (κ1) is 4.67. The minimum absolute atomic E-state index is 1.06. The van der Waals surface area contributed by atoms with Crippen LogP contribution >= 0.6 is 8.02 Å². The van der Waals surface area contributed by atoms with Gasteiger partial charge in [-0.3, -0.25) is 0 Å². The molecule has 4 heavy (non-hydrogen) atoms. The van der Waals surface area contributed by atoms with Crippen molar-refractivity contribution >= 4 is 24.5 Å². The summed E-state index contributed by atoms with van der Waals surface area (Å²) in [7, 11) is 1.76. The van der Waals surface area contributed by atoms with Crippen LogP contribution in [0.5, 0.6) is 0 Å². The van der Waals surface area contributed by atoms with Gasteiger partial charge in [0.15, 0.2) is 0 Å². The van der Waals surface area contributed by atoms with Gasteiger partial charge in [-0.2, -0.15) is 0 Å². The van der Waals surface area contributed by atoms with Crippen molar-refractivity contribution < 1.29 is 4.55 Å². The van der Waals surface area contributed by atoms with Crippen LogP contribution in [0.1, 0.15) is 0 Å². The molecular formula is H4BOPS. The average molecular weight is 93.9 g/mol. The summed E-state index contributed by atoms with van der Waals surface area (Å²) in [6.45, 7) is 3.17. The molecule has 1 N–H and O–H groups in total. The molecule has 0 amide bonds. The van der Waals surface area contributed by atoms with Crippen LogP contribution in [0.25, 0.3) is 0 Å². The van der Waals surface area contributed by atoms with Crippen molar-refractivity contribution in [1.29, 1.82) is 0 Å². The van der Waals surface area contributed by atoms with Crippen LogP contribution in [0.2, 0.25) is 0 Å². The Hall–Kier alpha value is 0.675. The predicted molar refractivity (Wildman–Crippen MR) is 26.9 cm³/mol. The normalized spacial score (nSPS) is 15.0. The van der Waals surface area contributed by atoms with Crippen molar-refractivity contribution in [2.75, 3.05) is 0 Å². The third kappa shape index (κ3) is 16.5. The van der Waals surface area contributed by atoms with Crippen molar-refractivity contribution in [1.82, 2.24) is 0 Å². The minimum atomic E-state index is -1.06. The van der Waals surface area contributed by atoms with Gasteiger partial charge in [-0.25, -0.2) is 0 Å². The van der Waals surface area contributed by atoms with Crippen LogP contribution in [-0.2, 0) is 9.78 Å². The second-order valence-corrected chi connectivity index (χ2v) is 2.75. The first-order chi connectivity index (χ1) is 1.73. The summed E-state index contributed by atoms with van der Waals surface area (Å²) in [4.78, 5) is 0. The molecule has 0 radical (unpaired) electrons. The Labute approximate surface area is 29.9 Å². The van der Waals surface area contributed by atoms with Crippen LogP contribution in [0.15, 0.2) is 0 Å². The summed E-state index contributed by atoms with van der Waals surface area (Å²) >= 11 is 0. The molecule has 0 heterocycles. The molecule has 0 saturated heterocycles. The monoisotopic (exact) mass is 94.0 g/mol. The Morgan fingerprint density at radius 3 is 2.00 bits per heavy atom. The van der Waals surface area contributed by atoms with Crippen LogP contribution in [0.3, 0.4) is 0 Å². The van der Waals surface area contributed by atoms with E-state index in [4.69, 9.17) is 4.55 Å². The maximum absolute atomic E-state index is 7.92. The zero-order chi connectivity index (χ0) is 3.58. The molecule has 0 aliphatic carbocycles. The molecule has 0 spiro atoms. The average Bonchev–Trinajstić information content (AvgIpc) is 0.811. The van der Waals surface area contributed by atoms with Crippen molar-refractivity contribution in [2.45, 2.75) is 0 Å². The topological polar surface area (TPSA) is 20.2 Å². The second-order valence-electron chi connectivity index (χ2n) is 0.400. The quantitative estimate of drug-likeness (QED) is 0.239. The van der Waals surface area contributed by atoms with E-state index in [-0.39, 0.29) is 0 Å². The van der Waals surface area contributed by atoms with E-state index >= 15 is 0 Å². The number of hydrogen-bond donors (Lipinski definition) is 2. The molecule has 0 aliphatic heterocycles. The molecule has 0 aromatic carbocycles. The third-order valence-electron chi connectivity index (χ3n) is 0. The molecule has 0 saturated carbocycles. The van der Waals surface area contributed by atoms with Gasteiger partial charge in [-0.1, -0.05) is 0 Å². The van der Waals surface area contributed by atoms with Crippen LogP contribution < -0.4 is 0 Å². The maximum atomic E-state index is 7.92. The van der Waals surface area contributed by atoms with Gasteiger partial charge in [0.2, 0.25) is 0 Å². The van der Waals surface area contributed by atoms with Crippen molar-refractivity contribution in [2.24, 2.45) is 0 Å². The van der Waals surface area contributed by atoms with Crippen molar-refractivity contribution in [3.05, 3.63) is 0 Å². The van der Waals surface area contributed by atoms with E-state index in [1.54, 1.807) is 0 Å². The summed E-state index contributed by atoms with van der Waals surface area (Å²) in [5.41, 5.74) is 0. The zero-order valence-corrected chi connectivity index (χ0v) is 4.00. The fourth-order valence-electron chi connectivity index (χ4n) is 0. The van der Waals surface area contributed by atoms with Gasteiger partial charge in [0, 0.05) is 0 Å². The van der Waals surface area contributed by atoms with E-state index in [9.17, 15) is 0 Å². The second kappa shape index (κ2) is 1.95. The standard InChI is InChI=1S/BH4OPS/c1-4(2)3/h1-4H. The van der Waals surface area contributed by atoms with E-state index in [1.165, 1.54) is 0 Å². The van der Waals surface area contributed by atoms with Gasteiger partial charge >= 0.3 is 29.1 Å². The van der Waals surface area contributed by atoms with Gasteiger partial charge in [0.1, 0.15) is 0 Å². The molecule has 24 valence electrons. The number of hydrogen-bond acceptors (Lipinski definition) is 0. The molecule has 0 fully saturated rings. The van der Waals surface area contributed by atoms with Gasteiger partial charge in [-0.15, -0.1) is 0 Å². The van der Waals surface area contributed by atoms with Gasteiger partial charge in [0.25, 0.3) is 0 Å². The molecule has 1 unspecified atom stereocenters. The molecule has 0 aromatic heterocycles. The van der Waals surface area contributed by atoms with Gasteiger partial charge in [-0.05, 0) is 0 Å². The van der Waals surface area contributed by atoms with Crippen molar-refractivity contribution in [3.63, 3.8) is 0 Å². The molecule has 0 rings (SSSR count). The first-order valence-electron chi connectivity index (χ1n) is 0.740.